The lowest BCUT2D eigenvalue weighted by atomic mass is 10.0. The monoisotopic (exact) mass is 658 g/mol. The molecule has 0 unspecified atom stereocenters. The van der Waals surface area contributed by atoms with Gasteiger partial charge in [0, 0.05) is 38.5 Å². The van der Waals surface area contributed by atoms with Crippen LogP contribution in [0.5, 0.6) is 0 Å². The van der Waals surface area contributed by atoms with Crippen LogP contribution >= 0.6 is 0 Å². The van der Waals surface area contributed by atoms with E-state index >= 15 is 0 Å². The maximum Gasteiger partial charge on any atom is 0.306 e. The van der Waals surface area contributed by atoms with Crippen molar-refractivity contribution in [3.63, 3.8) is 0 Å². The van der Waals surface area contributed by atoms with Gasteiger partial charge in [-0.15, -0.1) is 0 Å². The third-order valence-corrected chi connectivity index (χ3v) is 9.19. The van der Waals surface area contributed by atoms with Gasteiger partial charge in [-0.05, 0) is 82.1 Å². The highest BCUT2D eigenvalue weighted by atomic mass is 16.6. The van der Waals surface area contributed by atoms with Crippen LogP contribution in [0.25, 0.3) is 0 Å². The third-order valence-electron chi connectivity index (χ3n) is 9.19. The number of ether oxygens (including phenoxy) is 2. The average molecular weight is 659 g/mol. The van der Waals surface area contributed by atoms with E-state index in [4.69, 9.17) is 18.3 Å². The molecule has 268 valence electrons. The number of esters is 2. The fourth-order valence-corrected chi connectivity index (χ4v) is 6.14. The Hall–Kier alpha value is -2.54. The van der Waals surface area contributed by atoms with Crippen LogP contribution in [0.2, 0.25) is 0 Å². The van der Waals surface area contributed by atoms with Crippen molar-refractivity contribution in [3.8, 4) is 0 Å². The van der Waals surface area contributed by atoms with E-state index in [1.54, 1.807) is 0 Å². The summed E-state index contributed by atoms with van der Waals surface area (Å²) in [4.78, 5) is 24.4. The predicted octanol–water partition coefficient (Wildman–Crippen LogP) is 10.2. The Morgan fingerprint density at radius 2 is 1.13 bits per heavy atom. The first-order valence-electron chi connectivity index (χ1n) is 18.9. The first-order valence-corrected chi connectivity index (χ1v) is 18.9. The second-order valence-corrected chi connectivity index (χ2v) is 13.4. The normalized spacial score (nSPS) is 12.0. The van der Waals surface area contributed by atoms with E-state index in [2.05, 4.69) is 40.7 Å². The molecule has 0 aliphatic carbocycles. The minimum absolute atomic E-state index is 0.0902. The molecule has 0 fully saturated rings. The Labute approximate surface area is 285 Å². The van der Waals surface area contributed by atoms with Crippen LogP contribution in [0, 0.1) is 20.8 Å². The van der Waals surface area contributed by atoms with Crippen molar-refractivity contribution in [1.29, 1.82) is 0 Å². The van der Waals surface area contributed by atoms with Gasteiger partial charge in [-0.3, -0.25) is 9.59 Å². The van der Waals surface area contributed by atoms with Gasteiger partial charge < -0.3 is 23.4 Å². The Kier molecular flexibility index (Phi) is 21.3. The van der Waals surface area contributed by atoms with Crippen molar-refractivity contribution < 1.29 is 33.0 Å². The molecule has 0 aromatic carbocycles. The number of unbranched alkanes of at least 4 members (excludes halogenated alkanes) is 12. The summed E-state index contributed by atoms with van der Waals surface area (Å²) < 4.78 is 22.7. The van der Waals surface area contributed by atoms with E-state index in [1.807, 2.05) is 0 Å². The second-order valence-electron chi connectivity index (χ2n) is 13.4. The largest absolute Gasteiger partial charge is 0.466 e. The molecule has 0 aliphatic rings. The zero-order valence-electron chi connectivity index (χ0n) is 30.5. The van der Waals surface area contributed by atoms with Crippen molar-refractivity contribution >= 4 is 11.9 Å². The number of aryl methyl sites for hydroxylation is 5. The van der Waals surface area contributed by atoms with E-state index in [0.29, 0.717) is 12.8 Å². The van der Waals surface area contributed by atoms with Crippen molar-refractivity contribution in [2.45, 2.75) is 182 Å². The predicted molar refractivity (Wildman–Crippen MR) is 189 cm³/mol. The van der Waals surface area contributed by atoms with E-state index in [-0.39, 0.29) is 25.2 Å². The fourth-order valence-electron chi connectivity index (χ4n) is 6.14. The number of hydrogen-bond donors (Lipinski definition) is 1. The number of carbonyl (C=O) groups is 2. The third kappa shape index (κ3) is 16.9. The number of rotatable bonds is 28. The molecule has 0 aliphatic heterocycles. The van der Waals surface area contributed by atoms with Crippen molar-refractivity contribution in [1.82, 2.24) is 0 Å². The summed E-state index contributed by atoms with van der Waals surface area (Å²) in [5.74, 6) is 3.92. The summed E-state index contributed by atoms with van der Waals surface area (Å²) in [5.41, 5.74) is 3.91. The summed E-state index contributed by atoms with van der Waals surface area (Å²) >= 11 is 0. The molecule has 0 saturated carbocycles. The van der Waals surface area contributed by atoms with Crippen molar-refractivity contribution in [2.75, 3.05) is 13.2 Å². The molecule has 2 aromatic heterocycles. The van der Waals surface area contributed by atoms with Gasteiger partial charge in [0.2, 0.25) is 0 Å². The lowest BCUT2D eigenvalue weighted by Gasteiger charge is -2.15. The van der Waals surface area contributed by atoms with Gasteiger partial charge >= 0.3 is 11.9 Å². The molecule has 2 aromatic rings. The smallest absolute Gasteiger partial charge is 0.306 e. The van der Waals surface area contributed by atoms with Gasteiger partial charge in [0.05, 0.1) is 6.61 Å². The van der Waals surface area contributed by atoms with Gasteiger partial charge in [-0.1, -0.05) is 78.1 Å². The van der Waals surface area contributed by atoms with Crippen molar-refractivity contribution in [2.24, 2.45) is 0 Å². The summed E-state index contributed by atoms with van der Waals surface area (Å²) in [5, 5.41) is 9.58. The van der Waals surface area contributed by atoms with E-state index < -0.39 is 6.10 Å². The van der Waals surface area contributed by atoms with Gasteiger partial charge in [-0.2, -0.15) is 0 Å². The molecule has 7 nitrogen and oxygen atoms in total. The van der Waals surface area contributed by atoms with Gasteiger partial charge in [0.15, 0.2) is 6.10 Å². The zero-order valence-corrected chi connectivity index (χ0v) is 30.5. The molecule has 2 heterocycles. The fraction of sp³-hybridized carbons (Fsp3) is 0.750. The quantitative estimate of drug-likeness (QED) is 0.0717. The molecule has 0 radical (unpaired) electrons. The topological polar surface area (TPSA) is 99.1 Å². The molecular formula is C40H66O7. The summed E-state index contributed by atoms with van der Waals surface area (Å²) in [6.07, 6.45) is 21.3. The Balaban J connectivity index is 1.40. The summed E-state index contributed by atoms with van der Waals surface area (Å²) in [6.45, 7) is 10.4. The molecule has 0 bridgehead atoms. The highest BCUT2D eigenvalue weighted by Crippen LogP contribution is 2.24. The number of hydrogen-bond acceptors (Lipinski definition) is 7. The van der Waals surface area contributed by atoms with E-state index in [1.165, 1.54) is 48.8 Å². The standard InChI is InChI=1S/C40H66O7/c1-6-22-34-28-31(3)36(45-34)24-18-14-10-8-9-11-16-20-26-39(42)44-30-35(29-41)46-40(43)27-21-17-13-12-15-19-25-38-33(5)32(4)37(47-38)23-7-2/h28,35,41H,6-27,29-30H2,1-5H3/t35-/m0/s1. The molecule has 2 rings (SSSR count). The Morgan fingerprint density at radius 3 is 1.68 bits per heavy atom. The van der Waals surface area contributed by atoms with Gasteiger partial charge in [-0.25, -0.2) is 0 Å². The minimum Gasteiger partial charge on any atom is -0.466 e. The van der Waals surface area contributed by atoms with Crippen LogP contribution in [-0.2, 0) is 44.7 Å². The molecule has 7 heteroatoms. The van der Waals surface area contributed by atoms with Crippen LogP contribution in [0.1, 0.15) is 169 Å². The lowest BCUT2D eigenvalue weighted by Crippen LogP contribution is -2.28. The maximum absolute atomic E-state index is 12.2. The molecule has 0 spiro atoms. The van der Waals surface area contributed by atoms with E-state index in [0.717, 1.165) is 119 Å². The van der Waals surface area contributed by atoms with Crippen LogP contribution in [0.4, 0.5) is 0 Å². The van der Waals surface area contributed by atoms with Gasteiger partial charge in [0.25, 0.3) is 0 Å². The van der Waals surface area contributed by atoms with Crippen LogP contribution in [0.15, 0.2) is 14.9 Å². The highest BCUT2D eigenvalue weighted by Gasteiger charge is 2.16. The average Bonchev–Trinajstić information content (AvgIpc) is 3.54. The number of carbonyl (C=O) groups excluding carboxylic acids is 2. The molecule has 1 N–H and O–H groups in total. The SMILES string of the molecule is CCCc1cc(C)c(CCCCCCCCCCC(=O)OC[C@H](CO)OC(=O)CCCCCCCCc2oc(CCC)c(C)c2C)o1. The zero-order chi connectivity index (χ0) is 34.3. The number of aliphatic hydroxyl groups excluding tert-OH is 1. The van der Waals surface area contributed by atoms with Crippen LogP contribution in [-0.4, -0.2) is 36.4 Å². The minimum atomic E-state index is -0.798. The first kappa shape index (κ1) is 40.6. The Morgan fingerprint density at radius 1 is 0.638 bits per heavy atom. The highest BCUT2D eigenvalue weighted by molar-refractivity contribution is 5.70. The first-order chi connectivity index (χ1) is 22.8. The van der Waals surface area contributed by atoms with E-state index in [9.17, 15) is 14.7 Å². The molecule has 0 amide bonds. The van der Waals surface area contributed by atoms with Gasteiger partial charge in [0.1, 0.15) is 29.6 Å². The maximum atomic E-state index is 12.2. The lowest BCUT2D eigenvalue weighted by molar-refractivity contribution is -0.161. The van der Waals surface area contributed by atoms with Crippen LogP contribution in [0.3, 0.4) is 0 Å². The molecule has 1 atom stereocenters. The summed E-state index contributed by atoms with van der Waals surface area (Å²) in [7, 11) is 0. The second kappa shape index (κ2) is 24.6. The Bertz CT molecular complexity index is 1130. The number of furan rings is 2. The molecular weight excluding hydrogens is 592 g/mol. The summed E-state index contributed by atoms with van der Waals surface area (Å²) in [6, 6.07) is 2.19. The molecule has 47 heavy (non-hydrogen) atoms. The van der Waals surface area contributed by atoms with Crippen molar-refractivity contribution in [3.05, 3.63) is 45.8 Å². The number of aliphatic hydroxyl groups is 1. The van der Waals surface area contributed by atoms with Crippen LogP contribution < -0.4 is 0 Å². The molecule has 0 saturated heterocycles.